The summed E-state index contributed by atoms with van der Waals surface area (Å²) in [4.78, 5) is 14.9. The number of nitrogens with two attached hydrogens (primary N) is 1. The third-order valence-electron chi connectivity index (χ3n) is 4.70. The molecule has 1 heterocycles. The van der Waals surface area contributed by atoms with E-state index < -0.39 is 0 Å². The van der Waals surface area contributed by atoms with Crippen molar-refractivity contribution in [3.63, 3.8) is 0 Å². The quantitative estimate of drug-likeness (QED) is 0.931. The highest BCUT2D eigenvalue weighted by Gasteiger charge is 2.26. The van der Waals surface area contributed by atoms with Gasteiger partial charge in [0.15, 0.2) is 0 Å². The summed E-state index contributed by atoms with van der Waals surface area (Å²) in [5, 5.41) is 0. The maximum atomic E-state index is 14.2. The maximum absolute atomic E-state index is 14.2. The summed E-state index contributed by atoms with van der Waals surface area (Å²) in [7, 11) is 0. The monoisotopic (exact) mass is 326 g/mol. The number of rotatable bonds is 4. The molecule has 1 aliphatic rings. The van der Waals surface area contributed by atoms with Gasteiger partial charge in [-0.2, -0.15) is 0 Å². The van der Waals surface area contributed by atoms with Crippen LogP contribution in [0.3, 0.4) is 0 Å². The fourth-order valence-electron chi connectivity index (χ4n) is 3.48. The van der Waals surface area contributed by atoms with Crippen LogP contribution in [-0.2, 0) is 0 Å². The van der Waals surface area contributed by atoms with Crippen molar-refractivity contribution in [3.8, 4) is 11.1 Å². The van der Waals surface area contributed by atoms with Crippen molar-refractivity contribution < 1.29 is 9.18 Å². The highest BCUT2D eigenvalue weighted by atomic mass is 19.1. The van der Waals surface area contributed by atoms with E-state index in [9.17, 15) is 9.18 Å². The Balaban J connectivity index is 1.90. The van der Waals surface area contributed by atoms with E-state index >= 15 is 0 Å². The molecule has 0 radical (unpaired) electrons. The summed E-state index contributed by atoms with van der Waals surface area (Å²) >= 11 is 0. The first-order chi connectivity index (χ1) is 11.7. The highest BCUT2D eigenvalue weighted by Crippen LogP contribution is 2.28. The van der Waals surface area contributed by atoms with Crippen LogP contribution < -0.4 is 5.73 Å². The Morgan fingerprint density at radius 2 is 1.83 bits per heavy atom. The Hall–Kier alpha value is -2.20. The van der Waals surface area contributed by atoms with Crippen LogP contribution in [0.4, 0.5) is 4.39 Å². The van der Waals surface area contributed by atoms with Gasteiger partial charge in [0, 0.05) is 24.2 Å². The Labute approximate surface area is 142 Å². The average Bonchev–Trinajstić information content (AvgIpc) is 2.62. The second-order valence-electron chi connectivity index (χ2n) is 6.36. The van der Waals surface area contributed by atoms with Gasteiger partial charge in [-0.1, -0.05) is 36.4 Å². The first-order valence-corrected chi connectivity index (χ1v) is 8.54. The predicted octanol–water partition coefficient (Wildman–Crippen LogP) is 3.69. The molecule has 3 rings (SSSR count). The minimum atomic E-state index is -0.308. The molecular formula is C20H23FN2O. The summed E-state index contributed by atoms with van der Waals surface area (Å²) in [5.74, 6) is 0.140. The van der Waals surface area contributed by atoms with Crippen LogP contribution in [0.1, 0.15) is 29.6 Å². The van der Waals surface area contributed by atoms with Gasteiger partial charge in [0.1, 0.15) is 5.82 Å². The highest BCUT2D eigenvalue weighted by molar-refractivity contribution is 6.01. The Kier molecular flexibility index (Phi) is 5.26. The molecule has 0 spiro atoms. The van der Waals surface area contributed by atoms with E-state index in [-0.39, 0.29) is 11.7 Å². The topological polar surface area (TPSA) is 46.3 Å². The second-order valence-corrected chi connectivity index (χ2v) is 6.36. The molecule has 1 aliphatic heterocycles. The number of hydrogen-bond donors (Lipinski definition) is 1. The zero-order valence-corrected chi connectivity index (χ0v) is 13.7. The number of nitrogens with zero attached hydrogens (tertiary/aromatic N) is 1. The molecule has 2 N–H and O–H groups in total. The smallest absolute Gasteiger partial charge is 0.254 e. The molecular weight excluding hydrogens is 303 g/mol. The van der Waals surface area contributed by atoms with Crippen LogP contribution in [0.5, 0.6) is 0 Å². The first-order valence-electron chi connectivity index (χ1n) is 8.54. The molecule has 1 saturated heterocycles. The fraction of sp³-hybridized carbons (Fsp3) is 0.350. The number of piperidine rings is 1. The number of hydrogen-bond acceptors (Lipinski definition) is 2. The minimum absolute atomic E-state index is 0.0180. The molecule has 1 fully saturated rings. The Bertz CT molecular complexity index is 714. The lowest BCUT2D eigenvalue weighted by Crippen LogP contribution is -2.40. The lowest BCUT2D eigenvalue weighted by molar-refractivity contribution is 0.0670. The molecule has 2 aromatic rings. The predicted molar refractivity (Wildman–Crippen MR) is 94.1 cm³/mol. The van der Waals surface area contributed by atoms with Crippen LogP contribution in [0.25, 0.3) is 11.1 Å². The van der Waals surface area contributed by atoms with Gasteiger partial charge in [0.25, 0.3) is 5.91 Å². The number of benzene rings is 2. The van der Waals surface area contributed by atoms with Crippen molar-refractivity contribution in [2.75, 3.05) is 19.6 Å². The number of carbonyl (C=O) groups is 1. The molecule has 2 aromatic carbocycles. The third-order valence-corrected chi connectivity index (χ3v) is 4.70. The van der Waals surface area contributed by atoms with E-state index in [1.807, 2.05) is 23.1 Å². The molecule has 0 unspecified atom stereocenters. The number of amides is 1. The van der Waals surface area contributed by atoms with E-state index in [1.54, 1.807) is 24.3 Å². The second kappa shape index (κ2) is 7.58. The first kappa shape index (κ1) is 16.7. The van der Waals surface area contributed by atoms with Crippen molar-refractivity contribution >= 4 is 5.91 Å². The Morgan fingerprint density at radius 1 is 1.12 bits per heavy atom. The maximum Gasteiger partial charge on any atom is 0.254 e. The summed E-state index contributed by atoms with van der Waals surface area (Å²) in [6.07, 6.45) is 3.06. The molecule has 0 aromatic heterocycles. The molecule has 0 bridgehead atoms. The van der Waals surface area contributed by atoms with Gasteiger partial charge >= 0.3 is 0 Å². The molecule has 126 valence electrons. The van der Waals surface area contributed by atoms with Gasteiger partial charge < -0.3 is 10.6 Å². The molecule has 1 atom stereocenters. The Morgan fingerprint density at radius 3 is 2.58 bits per heavy atom. The van der Waals surface area contributed by atoms with E-state index in [2.05, 4.69) is 0 Å². The average molecular weight is 326 g/mol. The molecule has 1 amide bonds. The standard InChI is InChI=1S/C20H23FN2O/c21-19-10-4-3-8-17(19)16-7-1-2-9-18(16)20(24)23-13-5-6-15(14-23)11-12-22/h1-4,7-10,15H,5-6,11-14,22H2/t15-/m1/s1. The van der Waals surface area contributed by atoms with E-state index in [1.165, 1.54) is 6.07 Å². The summed E-state index contributed by atoms with van der Waals surface area (Å²) in [6, 6.07) is 13.9. The minimum Gasteiger partial charge on any atom is -0.338 e. The zero-order chi connectivity index (χ0) is 16.9. The zero-order valence-electron chi connectivity index (χ0n) is 13.7. The van der Waals surface area contributed by atoms with Crippen LogP contribution in [0.2, 0.25) is 0 Å². The van der Waals surface area contributed by atoms with Crippen LogP contribution in [0, 0.1) is 11.7 Å². The number of likely N-dealkylation sites (tertiary alicyclic amines) is 1. The lowest BCUT2D eigenvalue weighted by Gasteiger charge is -2.33. The normalized spacial score (nSPS) is 17.8. The fourth-order valence-corrected chi connectivity index (χ4v) is 3.48. The molecule has 0 saturated carbocycles. The van der Waals surface area contributed by atoms with Crippen LogP contribution in [0.15, 0.2) is 48.5 Å². The lowest BCUT2D eigenvalue weighted by atomic mass is 9.93. The largest absolute Gasteiger partial charge is 0.338 e. The van der Waals surface area contributed by atoms with Crippen molar-refractivity contribution in [2.24, 2.45) is 11.7 Å². The summed E-state index contributed by atoms with van der Waals surface area (Å²) in [5.41, 5.74) is 7.35. The van der Waals surface area contributed by atoms with Crippen LogP contribution in [-0.4, -0.2) is 30.4 Å². The van der Waals surface area contributed by atoms with Gasteiger partial charge in [0.2, 0.25) is 0 Å². The van der Waals surface area contributed by atoms with Gasteiger partial charge in [-0.25, -0.2) is 4.39 Å². The number of halogens is 1. The van der Waals surface area contributed by atoms with E-state index in [4.69, 9.17) is 5.73 Å². The molecule has 0 aliphatic carbocycles. The van der Waals surface area contributed by atoms with Gasteiger partial charge in [-0.15, -0.1) is 0 Å². The van der Waals surface area contributed by atoms with Gasteiger partial charge in [0.05, 0.1) is 0 Å². The van der Waals surface area contributed by atoms with Gasteiger partial charge in [-0.05, 0) is 49.4 Å². The van der Waals surface area contributed by atoms with Crippen molar-refractivity contribution in [3.05, 3.63) is 59.9 Å². The van der Waals surface area contributed by atoms with Crippen molar-refractivity contribution in [1.82, 2.24) is 4.90 Å². The summed E-state index contributed by atoms with van der Waals surface area (Å²) < 4.78 is 14.2. The summed E-state index contributed by atoms with van der Waals surface area (Å²) in [6.45, 7) is 2.14. The van der Waals surface area contributed by atoms with Crippen molar-refractivity contribution in [2.45, 2.75) is 19.3 Å². The molecule has 24 heavy (non-hydrogen) atoms. The molecule has 3 nitrogen and oxygen atoms in total. The van der Waals surface area contributed by atoms with Crippen LogP contribution >= 0.6 is 0 Å². The van der Waals surface area contributed by atoms with E-state index in [0.717, 1.165) is 32.4 Å². The molecule has 4 heteroatoms. The third kappa shape index (κ3) is 3.49. The van der Waals surface area contributed by atoms with Crippen molar-refractivity contribution in [1.29, 1.82) is 0 Å². The van der Waals surface area contributed by atoms with E-state index in [0.29, 0.717) is 29.2 Å². The SMILES string of the molecule is NCC[C@H]1CCCN(C(=O)c2ccccc2-c2ccccc2F)C1. The van der Waals surface area contributed by atoms with Gasteiger partial charge in [-0.3, -0.25) is 4.79 Å². The number of carbonyl (C=O) groups excluding carboxylic acids is 1.